The van der Waals surface area contributed by atoms with Gasteiger partial charge in [0.05, 0.1) is 18.3 Å². The summed E-state index contributed by atoms with van der Waals surface area (Å²) >= 11 is 0. The minimum Gasteiger partial charge on any atom is -0.498 e. The van der Waals surface area contributed by atoms with Crippen LogP contribution in [-0.4, -0.2) is 12.5 Å². The second-order valence-corrected chi connectivity index (χ2v) is 4.31. The van der Waals surface area contributed by atoms with E-state index < -0.39 is 0 Å². The number of allylic oxidation sites excluding steroid dienone is 3. The summed E-state index contributed by atoms with van der Waals surface area (Å²) in [6, 6.07) is 10.2. The van der Waals surface area contributed by atoms with E-state index in [4.69, 9.17) is 10.5 Å². The number of rotatable bonds is 5. The lowest BCUT2D eigenvalue weighted by atomic mass is 9.99. The normalized spacial score (nSPS) is 18.2. The second-order valence-electron chi connectivity index (χ2n) is 4.31. The van der Waals surface area contributed by atoms with Crippen LogP contribution in [0.3, 0.4) is 0 Å². The van der Waals surface area contributed by atoms with E-state index in [0.29, 0.717) is 13.0 Å². The van der Waals surface area contributed by atoms with Crippen molar-refractivity contribution in [3.8, 4) is 0 Å². The Labute approximate surface area is 107 Å². The lowest BCUT2D eigenvalue weighted by Crippen LogP contribution is -2.23. The molecule has 2 rings (SSSR count). The Morgan fingerprint density at radius 3 is 2.83 bits per heavy atom. The van der Waals surface area contributed by atoms with Crippen LogP contribution in [0.4, 0.5) is 0 Å². The molecule has 18 heavy (non-hydrogen) atoms. The number of benzene rings is 1. The van der Waals surface area contributed by atoms with Crippen LogP contribution in [-0.2, 0) is 16.0 Å². The van der Waals surface area contributed by atoms with Gasteiger partial charge in [0, 0.05) is 12.8 Å². The SMILES string of the molecule is NC(=O)C1C=CC=C(OCCc2ccccc2)C1. The lowest BCUT2D eigenvalue weighted by molar-refractivity contribution is -0.120. The molecule has 1 amide bonds. The summed E-state index contributed by atoms with van der Waals surface area (Å²) in [5.41, 5.74) is 6.52. The molecule has 0 radical (unpaired) electrons. The molecule has 0 heterocycles. The molecule has 0 aliphatic heterocycles. The Kier molecular flexibility index (Phi) is 4.18. The summed E-state index contributed by atoms with van der Waals surface area (Å²) in [6.07, 6.45) is 6.97. The van der Waals surface area contributed by atoms with Gasteiger partial charge in [-0.05, 0) is 11.6 Å². The molecule has 1 unspecified atom stereocenters. The fraction of sp³-hybridized carbons (Fsp3) is 0.267. The quantitative estimate of drug-likeness (QED) is 0.861. The number of nitrogens with two attached hydrogens (primary N) is 1. The highest BCUT2D eigenvalue weighted by Gasteiger charge is 2.17. The number of primary amides is 1. The first-order valence-electron chi connectivity index (χ1n) is 6.09. The summed E-state index contributed by atoms with van der Waals surface area (Å²) in [4.78, 5) is 11.1. The van der Waals surface area contributed by atoms with Crippen LogP contribution in [0.15, 0.2) is 54.3 Å². The molecule has 0 aromatic heterocycles. The summed E-state index contributed by atoms with van der Waals surface area (Å²) in [6.45, 7) is 0.620. The largest absolute Gasteiger partial charge is 0.498 e. The Morgan fingerprint density at radius 2 is 2.11 bits per heavy atom. The Balaban J connectivity index is 1.79. The van der Waals surface area contributed by atoms with Crippen LogP contribution < -0.4 is 5.73 Å². The zero-order valence-electron chi connectivity index (χ0n) is 10.2. The zero-order valence-corrected chi connectivity index (χ0v) is 10.2. The second kappa shape index (κ2) is 6.05. The van der Waals surface area contributed by atoms with Gasteiger partial charge in [-0.3, -0.25) is 4.79 Å². The molecule has 0 saturated carbocycles. The number of carbonyl (C=O) groups is 1. The predicted molar refractivity (Wildman–Crippen MR) is 70.6 cm³/mol. The van der Waals surface area contributed by atoms with E-state index in [1.54, 1.807) is 0 Å². The highest BCUT2D eigenvalue weighted by molar-refractivity contribution is 5.79. The maximum absolute atomic E-state index is 11.1. The van der Waals surface area contributed by atoms with Crippen molar-refractivity contribution < 1.29 is 9.53 Å². The van der Waals surface area contributed by atoms with Crippen molar-refractivity contribution in [1.82, 2.24) is 0 Å². The van der Waals surface area contributed by atoms with Crippen molar-refractivity contribution in [2.75, 3.05) is 6.61 Å². The highest BCUT2D eigenvalue weighted by Crippen LogP contribution is 2.19. The number of ether oxygens (including phenoxy) is 1. The van der Waals surface area contributed by atoms with E-state index in [2.05, 4.69) is 12.1 Å². The van der Waals surface area contributed by atoms with Gasteiger partial charge in [0.25, 0.3) is 0 Å². The summed E-state index contributed by atoms with van der Waals surface area (Å²) in [7, 11) is 0. The smallest absolute Gasteiger partial charge is 0.224 e. The molecular formula is C15H17NO2. The maximum Gasteiger partial charge on any atom is 0.224 e. The minimum absolute atomic E-state index is 0.235. The zero-order chi connectivity index (χ0) is 12.8. The Morgan fingerprint density at radius 1 is 1.33 bits per heavy atom. The van der Waals surface area contributed by atoms with E-state index in [1.807, 2.05) is 36.4 Å². The topological polar surface area (TPSA) is 52.3 Å². The van der Waals surface area contributed by atoms with Gasteiger partial charge in [-0.15, -0.1) is 0 Å². The Hall–Kier alpha value is -2.03. The monoisotopic (exact) mass is 243 g/mol. The molecular weight excluding hydrogens is 226 g/mol. The van der Waals surface area contributed by atoms with Crippen molar-refractivity contribution >= 4 is 5.91 Å². The molecule has 1 aromatic rings. The molecule has 1 aromatic carbocycles. The fourth-order valence-electron chi connectivity index (χ4n) is 1.90. The van der Waals surface area contributed by atoms with Gasteiger partial charge in [0.15, 0.2) is 0 Å². The van der Waals surface area contributed by atoms with Gasteiger partial charge in [-0.25, -0.2) is 0 Å². The molecule has 1 aliphatic rings. The minimum atomic E-state index is -0.302. The molecule has 1 aliphatic carbocycles. The van der Waals surface area contributed by atoms with E-state index in [1.165, 1.54) is 5.56 Å². The third kappa shape index (κ3) is 3.48. The van der Waals surface area contributed by atoms with Crippen molar-refractivity contribution in [3.05, 3.63) is 59.9 Å². The first kappa shape index (κ1) is 12.4. The molecule has 0 fully saturated rings. The van der Waals surface area contributed by atoms with Crippen molar-refractivity contribution in [3.63, 3.8) is 0 Å². The number of amides is 1. The Bertz CT molecular complexity index is 463. The van der Waals surface area contributed by atoms with Crippen LogP contribution in [0.5, 0.6) is 0 Å². The molecule has 0 bridgehead atoms. The lowest BCUT2D eigenvalue weighted by Gasteiger charge is -2.16. The van der Waals surface area contributed by atoms with Gasteiger partial charge in [-0.2, -0.15) is 0 Å². The van der Waals surface area contributed by atoms with Crippen molar-refractivity contribution in [2.45, 2.75) is 12.8 Å². The average molecular weight is 243 g/mol. The van der Waals surface area contributed by atoms with Crippen molar-refractivity contribution in [2.24, 2.45) is 11.7 Å². The van der Waals surface area contributed by atoms with Crippen LogP contribution in [0.1, 0.15) is 12.0 Å². The third-order valence-electron chi connectivity index (χ3n) is 2.93. The molecule has 1 atom stereocenters. The number of carbonyl (C=O) groups excluding carboxylic acids is 1. The molecule has 3 heteroatoms. The highest BCUT2D eigenvalue weighted by atomic mass is 16.5. The summed E-state index contributed by atoms with van der Waals surface area (Å²) in [5, 5.41) is 0. The van der Waals surface area contributed by atoms with Gasteiger partial charge in [0.2, 0.25) is 5.91 Å². The third-order valence-corrected chi connectivity index (χ3v) is 2.93. The van der Waals surface area contributed by atoms with Gasteiger partial charge < -0.3 is 10.5 Å². The van der Waals surface area contributed by atoms with Crippen molar-refractivity contribution in [1.29, 1.82) is 0 Å². The molecule has 2 N–H and O–H groups in total. The first-order valence-corrected chi connectivity index (χ1v) is 6.09. The van der Waals surface area contributed by atoms with E-state index in [0.717, 1.165) is 12.2 Å². The summed E-state index contributed by atoms with van der Waals surface area (Å²) in [5.74, 6) is 0.294. The van der Waals surface area contributed by atoms with Gasteiger partial charge in [0.1, 0.15) is 0 Å². The van der Waals surface area contributed by atoms with Crippen LogP contribution in [0.25, 0.3) is 0 Å². The molecule has 0 saturated heterocycles. The molecule has 94 valence electrons. The molecule has 3 nitrogen and oxygen atoms in total. The number of hydrogen-bond acceptors (Lipinski definition) is 2. The number of hydrogen-bond donors (Lipinski definition) is 1. The van der Waals surface area contributed by atoms with E-state index >= 15 is 0 Å². The maximum atomic E-state index is 11.1. The van der Waals surface area contributed by atoms with Crippen LogP contribution >= 0.6 is 0 Å². The average Bonchev–Trinajstić information content (AvgIpc) is 2.40. The first-order chi connectivity index (χ1) is 8.75. The molecule has 0 spiro atoms. The fourth-order valence-corrected chi connectivity index (χ4v) is 1.90. The standard InChI is InChI=1S/C15H17NO2/c16-15(17)13-7-4-8-14(11-13)18-10-9-12-5-2-1-3-6-12/h1-8,13H,9-11H2,(H2,16,17). The predicted octanol–water partition coefficient (Wildman–Crippen LogP) is 2.19. The summed E-state index contributed by atoms with van der Waals surface area (Å²) < 4.78 is 5.67. The van der Waals surface area contributed by atoms with Crippen LogP contribution in [0, 0.1) is 5.92 Å². The van der Waals surface area contributed by atoms with Gasteiger partial charge >= 0.3 is 0 Å². The van der Waals surface area contributed by atoms with Gasteiger partial charge in [-0.1, -0.05) is 42.5 Å². The van der Waals surface area contributed by atoms with E-state index in [-0.39, 0.29) is 11.8 Å². The van der Waals surface area contributed by atoms with E-state index in [9.17, 15) is 4.79 Å². The van der Waals surface area contributed by atoms with Crippen LogP contribution in [0.2, 0.25) is 0 Å².